The van der Waals surface area contributed by atoms with Crippen molar-refractivity contribution in [3.05, 3.63) is 0 Å². The van der Waals surface area contributed by atoms with Gasteiger partial charge >= 0.3 is 82.7 Å². The Morgan fingerprint density at radius 2 is 1.64 bits per heavy atom. The SMILES string of the molecule is COC(=O)C([CH2][Na])C(=O)OC. The van der Waals surface area contributed by atoms with Crippen molar-refractivity contribution in [3.8, 4) is 0 Å². The molecule has 0 saturated carbocycles. The first kappa shape index (κ1) is 10.9. The van der Waals surface area contributed by atoms with Gasteiger partial charge in [-0.25, -0.2) is 0 Å². The summed E-state index contributed by atoms with van der Waals surface area (Å²) in [6, 6.07) is 0. The second kappa shape index (κ2) is 5.57. The van der Waals surface area contributed by atoms with Gasteiger partial charge in [0, 0.05) is 0 Å². The maximum atomic E-state index is 10.8. The molecule has 5 heteroatoms. The van der Waals surface area contributed by atoms with E-state index in [1.807, 2.05) is 0 Å². The number of esters is 2. The molecule has 0 atom stereocenters. The Morgan fingerprint density at radius 3 is 1.82 bits per heavy atom. The van der Waals surface area contributed by atoms with E-state index >= 15 is 0 Å². The van der Waals surface area contributed by atoms with Gasteiger partial charge in [-0.3, -0.25) is 0 Å². The third kappa shape index (κ3) is 3.22. The van der Waals surface area contributed by atoms with E-state index in [9.17, 15) is 9.59 Å². The number of carbonyl (C=O) groups is 2. The minimum absolute atomic E-state index is 0.508. The van der Waals surface area contributed by atoms with E-state index < -0.39 is 17.9 Å². The van der Waals surface area contributed by atoms with Crippen LogP contribution in [0.4, 0.5) is 0 Å². The van der Waals surface area contributed by atoms with Gasteiger partial charge in [-0.15, -0.1) is 0 Å². The molecule has 0 unspecified atom stereocenters. The van der Waals surface area contributed by atoms with Gasteiger partial charge < -0.3 is 0 Å². The molecule has 0 aromatic rings. The third-order valence-corrected chi connectivity index (χ3v) is 2.20. The molecule has 0 fully saturated rings. The number of hydrogen-bond acceptors (Lipinski definition) is 4. The van der Waals surface area contributed by atoms with Crippen molar-refractivity contribution in [2.45, 2.75) is 3.67 Å². The first-order valence-electron chi connectivity index (χ1n) is 3.33. The number of ether oxygens (including phenoxy) is 2. The van der Waals surface area contributed by atoms with Crippen LogP contribution < -0.4 is 0 Å². The molecule has 0 saturated heterocycles. The van der Waals surface area contributed by atoms with E-state index in [-0.39, 0.29) is 0 Å². The summed E-state index contributed by atoms with van der Waals surface area (Å²) in [6.07, 6.45) is 0. The fourth-order valence-corrected chi connectivity index (χ4v) is 1.38. The fraction of sp³-hybridized carbons (Fsp3) is 0.667. The van der Waals surface area contributed by atoms with Crippen LogP contribution in [0.15, 0.2) is 0 Å². The van der Waals surface area contributed by atoms with Crippen LogP contribution in [-0.2, 0) is 19.1 Å². The molecule has 0 spiro atoms. The molecule has 0 radical (unpaired) electrons. The van der Waals surface area contributed by atoms with Gasteiger partial charge in [-0.05, 0) is 0 Å². The van der Waals surface area contributed by atoms with Gasteiger partial charge in [0.2, 0.25) is 0 Å². The van der Waals surface area contributed by atoms with Crippen molar-refractivity contribution in [1.29, 1.82) is 0 Å². The quantitative estimate of drug-likeness (QED) is 0.325. The van der Waals surface area contributed by atoms with Gasteiger partial charge in [-0.1, -0.05) is 0 Å². The predicted molar refractivity (Wildman–Crippen MR) is 38.1 cm³/mol. The molecule has 11 heavy (non-hydrogen) atoms. The number of carbonyl (C=O) groups excluding carboxylic acids is 2. The first-order valence-corrected chi connectivity index (χ1v) is 4.74. The molecule has 0 amide bonds. The Labute approximate surface area is 82.6 Å². The average molecular weight is 168 g/mol. The van der Waals surface area contributed by atoms with Crippen molar-refractivity contribution in [3.63, 3.8) is 0 Å². The van der Waals surface area contributed by atoms with Crippen molar-refractivity contribution >= 4 is 39.9 Å². The monoisotopic (exact) mass is 168 g/mol. The number of methoxy groups -OCH3 is 2. The molecule has 0 bridgehead atoms. The van der Waals surface area contributed by atoms with Crippen molar-refractivity contribution < 1.29 is 19.1 Å². The van der Waals surface area contributed by atoms with Crippen LogP contribution in [-0.4, -0.2) is 54.1 Å². The summed E-state index contributed by atoms with van der Waals surface area (Å²) in [6.45, 7) is 0. The molecule has 4 nitrogen and oxygen atoms in total. The summed E-state index contributed by atoms with van der Waals surface area (Å²) < 4.78 is 9.36. The van der Waals surface area contributed by atoms with Gasteiger partial charge in [0.05, 0.1) is 0 Å². The Hall–Kier alpha value is -0.0600. The average Bonchev–Trinajstić information content (AvgIpc) is 2.05. The first-order chi connectivity index (χ1) is 5.17. The van der Waals surface area contributed by atoms with E-state index in [0.717, 1.165) is 27.9 Å². The van der Waals surface area contributed by atoms with Crippen molar-refractivity contribution in [2.24, 2.45) is 5.92 Å². The van der Waals surface area contributed by atoms with Crippen LogP contribution in [0, 0.1) is 5.92 Å². The topological polar surface area (TPSA) is 52.6 Å². The zero-order chi connectivity index (χ0) is 8.85. The summed E-state index contributed by atoms with van der Waals surface area (Å²) in [5.41, 5.74) is 0. The van der Waals surface area contributed by atoms with E-state index in [0.29, 0.717) is 3.67 Å². The van der Waals surface area contributed by atoms with Gasteiger partial charge in [-0.2, -0.15) is 0 Å². The molecule has 0 aliphatic carbocycles. The molecular formula is C6H9NaO4. The summed E-state index contributed by atoms with van der Waals surface area (Å²) in [7, 11) is 2.52. The van der Waals surface area contributed by atoms with Crippen LogP contribution >= 0.6 is 0 Å². The minimum atomic E-state index is -0.711. The normalized spacial score (nSPS) is 9.55. The number of rotatable bonds is 3. The van der Waals surface area contributed by atoms with E-state index in [1.165, 1.54) is 14.2 Å². The summed E-state index contributed by atoms with van der Waals surface area (Å²) >= 11 is 0.775. The summed E-state index contributed by atoms with van der Waals surface area (Å²) in [4.78, 5) is 21.7. The second-order valence-electron chi connectivity index (χ2n) is 2.01. The van der Waals surface area contributed by atoms with Gasteiger partial charge in [0.15, 0.2) is 0 Å². The Bertz CT molecular complexity index is 141. The van der Waals surface area contributed by atoms with Gasteiger partial charge in [0.25, 0.3) is 0 Å². The fourth-order valence-electron chi connectivity index (χ4n) is 0.714. The van der Waals surface area contributed by atoms with Gasteiger partial charge in [0.1, 0.15) is 0 Å². The molecule has 0 aliphatic heterocycles. The van der Waals surface area contributed by atoms with Crippen LogP contribution in [0.3, 0.4) is 0 Å². The summed E-state index contributed by atoms with van der Waals surface area (Å²) in [5, 5.41) is 0. The van der Waals surface area contributed by atoms with E-state index in [2.05, 4.69) is 9.47 Å². The van der Waals surface area contributed by atoms with E-state index in [1.54, 1.807) is 0 Å². The zero-order valence-corrected chi connectivity index (χ0v) is 8.92. The van der Waals surface area contributed by atoms with Crippen LogP contribution in [0.2, 0.25) is 3.67 Å². The molecule has 58 valence electrons. The standard InChI is InChI=1S/C6H9O4.Na/c1-4(5(7)9-2)6(8)10-3;/h4H,1H2,2-3H3;. The molecule has 0 aliphatic rings. The molecular weight excluding hydrogens is 159 g/mol. The van der Waals surface area contributed by atoms with Crippen LogP contribution in [0.5, 0.6) is 0 Å². The predicted octanol–water partition coefficient (Wildman–Crippen LogP) is -0.465. The van der Waals surface area contributed by atoms with E-state index in [4.69, 9.17) is 0 Å². The Kier molecular flexibility index (Phi) is 5.54. The molecule has 0 heterocycles. The third-order valence-electron chi connectivity index (χ3n) is 1.38. The molecule has 0 aromatic heterocycles. The summed E-state index contributed by atoms with van der Waals surface area (Å²) in [5.74, 6) is -1.73. The molecule has 0 rings (SSSR count). The number of hydrogen-bond donors (Lipinski definition) is 0. The second-order valence-corrected chi connectivity index (χ2v) is 2.82. The Balaban J connectivity index is 4.15. The maximum absolute atomic E-state index is 10.8. The molecule has 0 aromatic carbocycles. The Morgan fingerprint density at radius 1 is 1.27 bits per heavy atom. The van der Waals surface area contributed by atoms with Crippen molar-refractivity contribution in [1.82, 2.24) is 0 Å². The van der Waals surface area contributed by atoms with Crippen LogP contribution in [0.1, 0.15) is 0 Å². The zero-order valence-electron chi connectivity index (χ0n) is 6.92. The molecule has 0 N–H and O–H groups in total. The van der Waals surface area contributed by atoms with Crippen molar-refractivity contribution in [2.75, 3.05) is 14.2 Å². The van der Waals surface area contributed by atoms with Crippen LogP contribution in [0.25, 0.3) is 0 Å².